The van der Waals surface area contributed by atoms with E-state index in [0.717, 1.165) is 44.1 Å². The van der Waals surface area contributed by atoms with E-state index in [1.54, 1.807) is 12.1 Å². The molecule has 1 aromatic rings. The van der Waals surface area contributed by atoms with Gasteiger partial charge in [-0.3, -0.25) is 4.79 Å². The van der Waals surface area contributed by atoms with Crippen molar-refractivity contribution in [2.45, 2.75) is 94.5 Å². The van der Waals surface area contributed by atoms with Crippen LogP contribution in [-0.4, -0.2) is 74.4 Å². The van der Waals surface area contributed by atoms with Crippen LogP contribution in [0.15, 0.2) is 29.3 Å². The number of halogens is 1. The van der Waals surface area contributed by atoms with Gasteiger partial charge in [0.15, 0.2) is 0 Å². The van der Waals surface area contributed by atoms with Gasteiger partial charge in [0.25, 0.3) is 0 Å². The first-order valence-electron chi connectivity index (χ1n) is 14.4. The zero-order chi connectivity index (χ0) is 28.0. The van der Waals surface area contributed by atoms with Crippen LogP contribution >= 0.6 is 0 Å². The fourth-order valence-electron chi connectivity index (χ4n) is 7.24. The molecule has 8 nitrogen and oxygen atoms in total. The predicted octanol–water partition coefficient (Wildman–Crippen LogP) is 5.71. The van der Waals surface area contributed by atoms with Crippen molar-refractivity contribution in [3.8, 4) is 0 Å². The molecular formula is C30H44FN3O5. The largest absolute Gasteiger partial charge is 0.510 e. The molecule has 216 valence electrons. The summed E-state index contributed by atoms with van der Waals surface area (Å²) in [7, 11) is 6.77. The lowest BCUT2D eigenvalue weighted by molar-refractivity contribution is -0.143. The second-order valence-corrected chi connectivity index (χ2v) is 11.5. The van der Waals surface area contributed by atoms with Crippen LogP contribution in [0.2, 0.25) is 0 Å². The van der Waals surface area contributed by atoms with Crippen LogP contribution in [0.4, 0.5) is 9.18 Å². The molecule has 3 atom stereocenters. The van der Waals surface area contributed by atoms with Gasteiger partial charge in [0, 0.05) is 18.5 Å². The molecule has 0 N–H and O–H groups in total. The Kier molecular flexibility index (Phi) is 9.86. The summed E-state index contributed by atoms with van der Waals surface area (Å²) in [5, 5.41) is 0. The molecular weight excluding hydrogens is 501 g/mol. The van der Waals surface area contributed by atoms with Crippen LogP contribution in [0.25, 0.3) is 0 Å². The van der Waals surface area contributed by atoms with Crippen LogP contribution in [-0.2, 0) is 19.0 Å². The van der Waals surface area contributed by atoms with Gasteiger partial charge >= 0.3 is 12.1 Å². The zero-order valence-electron chi connectivity index (χ0n) is 23.8. The number of carbonyl (C=O) groups excluding carboxylic acids is 2. The average molecular weight is 546 g/mol. The fraction of sp³-hybridized carbons (Fsp3) is 0.700. The van der Waals surface area contributed by atoms with Gasteiger partial charge in [-0.05, 0) is 82.2 Å². The van der Waals surface area contributed by atoms with E-state index in [0.29, 0.717) is 12.0 Å². The summed E-state index contributed by atoms with van der Waals surface area (Å²) in [6.45, 7) is 0. The molecule has 3 aliphatic rings. The van der Waals surface area contributed by atoms with E-state index in [1.165, 1.54) is 39.5 Å². The van der Waals surface area contributed by atoms with Crippen LogP contribution in [0.1, 0.15) is 82.2 Å². The highest BCUT2D eigenvalue weighted by Crippen LogP contribution is 2.47. The fourth-order valence-corrected chi connectivity index (χ4v) is 7.24. The lowest BCUT2D eigenvalue weighted by Gasteiger charge is -2.47. The van der Waals surface area contributed by atoms with Gasteiger partial charge in [0.05, 0.1) is 33.0 Å². The summed E-state index contributed by atoms with van der Waals surface area (Å²) in [6.07, 6.45) is 10.9. The van der Waals surface area contributed by atoms with Gasteiger partial charge in [0.2, 0.25) is 5.72 Å². The van der Waals surface area contributed by atoms with Crippen molar-refractivity contribution in [1.29, 1.82) is 0 Å². The van der Waals surface area contributed by atoms with Crippen molar-refractivity contribution in [1.82, 2.24) is 9.80 Å². The molecule has 0 amide bonds. The van der Waals surface area contributed by atoms with E-state index in [2.05, 4.69) is 23.9 Å². The van der Waals surface area contributed by atoms with Crippen LogP contribution in [0.3, 0.4) is 0 Å². The first kappa shape index (κ1) is 29.3. The monoisotopic (exact) mass is 545 g/mol. The molecule has 3 unspecified atom stereocenters. The Morgan fingerprint density at radius 1 is 1.08 bits per heavy atom. The van der Waals surface area contributed by atoms with Gasteiger partial charge in [-0.1, -0.05) is 31.4 Å². The van der Waals surface area contributed by atoms with Gasteiger partial charge in [-0.2, -0.15) is 0 Å². The van der Waals surface area contributed by atoms with E-state index < -0.39 is 11.9 Å². The highest BCUT2D eigenvalue weighted by atomic mass is 19.1. The van der Waals surface area contributed by atoms with Crippen LogP contribution < -0.4 is 0 Å². The lowest BCUT2D eigenvalue weighted by atomic mass is 9.71. The molecule has 0 aromatic heterocycles. The third kappa shape index (κ3) is 6.73. The number of rotatable bonds is 9. The summed E-state index contributed by atoms with van der Waals surface area (Å²) >= 11 is 0. The van der Waals surface area contributed by atoms with Gasteiger partial charge < -0.3 is 24.0 Å². The summed E-state index contributed by atoms with van der Waals surface area (Å²) in [6, 6.07) is 7.19. The highest BCUT2D eigenvalue weighted by Gasteiger charge is 2.54. The molecule has 0 saturated heterocycles. The third-order valence-corrected chi connectivity index (χ3v) is 8.99. The molecule has 39 heavy (non-hydrogen) atoms. The number of methoxy groups -OCH3 is 2. The Labute approximate surface area is 231 Å². The molecule has 0 radical (unpaired) electrons. The molecule has 2 fully saturated rings. The first-order chi connectivity index (χ1) is 18.8. The van der Waals surface area contributed by atoms with E-state index in [1.807, 2.05) is 12.4 Å². The third-order valence-electron chi connectivity index (χ3n) is 8.99. The van der Waals surface area contributed by atoms with Crippen molar-refractivity contribution < 1.29 is 28.2 Å². The molecule has 1 aromatic carbocycles. The van der Waals surface area contributed by atoms with Gasteiger partial charge in [-0.25, -0.2) is 14.2 Å². The predicted molar refractivity (Wildman–Crippen MR) is 147 cm³/mol. The maximum Gasteiger partial charge on any atom is 0.510 e. The molecule has 4 rings (SSSR count). The Morgan fingerprint density at radius 3 is 2.41 bits per heavy atom. The normalized spacial score (nSPS) is 28.4. The molecule has 1 heterocycles. The van der Waals surface area contributed by atoms with Crippen molar-refractivity contribution in [2.24, 2.45) is 16.8 Å². The van der Waals surface area contributed by atoms with Gasteiger partial charge in [0.1, 0.15) is 5.82 Å². The number of carbonyl (C=O) groups is 2. The van der Waals surface area contributed by atoms with Crippen molar-refractivity contribution >= 4 is 18.5 Å². The SMILES string of the molecule is COC(=O)CCC1(OC(=O)OC)N=CN(C2CCCCC2)C1C1CCC(C(c2cccc(F)c2)N(C)C)CC1. The Bertz CT molecular complexity index is 1010. The van der Waals surface area contributed by atoms with Crippen molar-refractivity contribution in [2.75, 3.05) is 28.3 Å². The summed E-state index contributed by atoms with van der Waals surface area (Å²) in [5.74, 6) is 0.00736. The zero-order valence-corrected chi connectivity index (χ0v) is 23.8. The summed E-state index contributed by atoms with van der Waals surface area (Å²) < 4.78 is 29.9. The lowest BCUT2D eigenvalue weighted by Crippen LogP contribution is -2.56. The van der Waals surface area contributed by atoms with E-state index in [9.17, 15) is 14.0 Å². The Morgan fingerprint density at radius 2 is 1.79 bits per heavy atom. The number of hydrogen-bond donors (Lipinski definition) is 0. The highest BCUT2D eigenvalue weighted by molar-refractivity contribution is 5.70. The minimum absolute atomic E-state index is 0.0947. The number of ether oxygens (including phenoxy) is 3. The molecule has 2 saturated carbocycles. The quantitative estimate of drug-likeness (QED) is 0.368. The number of aliphatic imine (C=N–C) groups is 1. The van der Waals surface area contributed by atoms with E-state index in [-0.39, 0.29) is 42.6 Å². The van der Waals surface area contributed by atoms with Crippen molar-refractivity contribution in [3.05, 3.63) is 35.6 Å². The average Bonchev–Trinajstić information content (AvgIpc) is 3.31. The van der Waals surface area contributed by atoms with E-state index >= 15 is 0 Å². The minimum atomic E-state index is -1.21. The van der Waals surface area contributed by atoms with Gasteiger partial charge in [-0.15, -0.1) is 0 Å². The Balaban J connectivity index is 1.59. The van der Waals surface area contributed by atoms with Crippen LogP contribution in [0.5, 0.6) is 0 Å². The minimum Gasteiger partial charge on any atom is -0.469 e. The molecule has 9 heteroatoms. The summed E-state index contributed by atoms with van der Waals surface area (Å²) in [5.41, 5.74) is -0.211. The topological polar surface area (TPSA) is 80.7 Å². The molecule has 0 spiro atoms. The first-order valence-corrected chi connectivity index (χ1v) is 14.4. The molecule has 2 aliphatic carbocycles. The maximum absolute atomic E-state index is 14.1. The molecule has 1 aliphatic heterocycles. The maximum atomic E-state index is 14.1. The van der Waals surface area contributed by atoms with Crippen LogP contribution in [0, 0.1) is 17.7 Å². The number of esters is 1. The molecule has 0 bridgehead atoms. The summed E-state index contributed by atoms with van der Waals surface area (Å²) in [4.78, 5) is 34.0. The Hall–Kier alpha value is -2.68. The second kappa shape index (κ2) is 13.1. The smallest absolute Gasteiger partial charge is 0.469 e. The number of hydrogen-bond acceptors (Lipinski definition) is 8. The van der Waals surface area contributed by atoms with E-state index in [4.69, 9.17) is 19.2 Å². The second-order valence-electron chi connectivity index (χ2n) is 11.5. The number of benzene rings is 1. The van der Waals surface area contributed by atoms with Crippen molar-refractivity contribution in [3.63, 3.8) is 0 Å². The number of nitrogens with zero attached hydrogens (tertiary/aromatic N) is 3. The standard InChI is InChI=1S/C30H44FN3O5/c1-33(2)27(23-9-8-10-24(31)19-23)21-13-15-22(16-14-21)28-30(39-29(36)38-4,18-17-26(35)37-3)32-20-34(28)25-11-6-5-7-12-25/h8-10,19-22,25,27-28H,5-7,11-18H2,1-4H3.